The number of nitrogens with one attached hydrogen (secondary N) is 1. The van der Waals surface area contributed by atoms with Crippen LogP contribution in [0.2, 0.25) is 0 Å². The van der Waals surface area contributed by atoms with Crippen molar-refractivity contribution in [2.24, 2.45) is 0 Å². The summed E-state index contributed by atoms with van der Waals surface area (Å²) in [6, 6.07) is 6.27. The molecule has 176 valence electrons. The number of benzene rings is 1. The first-order valence-corrected chi connectivity index (χ1v) is 13.1. The van der Waals surface area contributed by atoms with Gasteiger partial charge in [0.1, 0.15) is 11.6 Å². The molecule has 1 aliphatic heterocycles. The van der Waals surface area contributed by atoms with Crippen LogP contribution in [0.3, 0.4) is 0 Å². The van der Waals surface area contributed by atoms with Gasteiger partial charge in [0.15, 0.2) is 0 Å². The summed E-state index contributed by atoms with van der Waals surface area (Å²) >= 11 is 1.58. The summed E-state index contributed by atoms with van der Waals surface area (Å²) in [6.07, 6.45) is 0.0567. The van der Waals surface area contributed by atoms with Gasteiger partial charge in [0.2, 0.25) is 15.9 Å². The largest absolute Gasteiger partial charge is 0.459 e. The number of thiophene rings is 1. The molecule has 32 heavy (non-hydrogen) atoms. The van der Waals surface area contributed by atoms with Crippen molar-refractivity contribution in [3.8, 4) is 0 Å². The third-order valence-corrected chi connectivity index (χ3v) is 7.15. The highest BCUT2D eigenvalue weighted by molar-refractivity contribution is 7.88. The number of carbonyl (C=O) groups is 2. The third-order valence-electron chi connectivity index (χ3n) is 4.90. The van der Waals surface area contributed by atoms with Gasteiger partial charge < -0.3 is 14.4 Å². The monoisotopic (exact) mass is 482 g/mol. The molecule has 0 aliphatic carbocycles. The summed E-state index contributed by atoms with van der Waals surface area (Å²) in [5.41, 5.74) is -0.158. The van der Waals surface area contributed by atoms with E-state index in [-0.39, 0.29) is 24.5 Å². The first-order chi connectivity index (χ1) is 15.0. The maximum Gasteiger partial charge on any atom is 0.324 e. The molecule has 1 aromatic carbocycles. The molecule has 3 rings (SSSR count). The minimum Gasteiger partial charge on any atom is -0.459 e. The number of hydrogen-bond acceptors (Lipinski definition) is 7. The van der Waals surface area contributed by atoms with Crippen LogP contribution < -0.4 is 4.72 Å². The van der Waals surface area contributed by atoms with E-state index in [1.165, 1.54) is 0 Å². The van der Waals surface area contributed by atoms with E-state index in [2.05, 4.69) is 4.72 Å². The number of rotatable bonds is 8. The van der Waals surface area contributed by atoms with Crippen LogP contribution in [-0.2, 0) is 34.8 Å². The van der Waals surface area contributed by atoms with E-state index in [9.17, 15) is 18.0 Å². The van der Waals surface area contributed by atoms with E-state index in [1.54, 1.807) is 43.1 Å². The summed E-state index contributed by atoms with van der Waals surface area (Å²) in [7, 11) is -3.85. The lowest BCUT2D eigenvalue weighted by Gasteiger charge is -2.28. The standard InChI is InChI=1S/C22H30N2O6S2/c1-22(2,3)30-21(26)18(5-7-20(25)24-9-11-29-12-10-24)23-32(27,28)15-16-4-6-19-17(14-16)8-13-31-19/h4,6,8,13-14,18,23H,5,7,9-12,15H2,1-3H3/t18-/m1/s1. The highest BCUT2D eigenvalue weighted by atomic mass is 32.2. The van der Waals surface area contributed by atoms with Crippen molar-refractivity contribution < 1.29 is 27.5 Å². The zero-order chi connectivity index (χ0) is 23.4. The molecule has 0 saturated carbocycles. The highest BCUT2D eigenvalue weighted by Gasteiger charge is 2.30. The molecule has 0 unspecified atom stereocenters. The molecule has 1 aliphatic rings. The molecule has 1 amide bonds. The van der Waals surface area contributed by atoms with Crippen LogP contribution in [0, 0.1) is 0 Å². The maximum atomic E-state index is 12.9. The zero-order valence-electron chi connectivity index (χ0n) is 18.6. The Morgan fingerprint density at radius 1 is 1.22 bits per heavy atom. The van der Waals surface area contributed by atoms with Gasteiger partial charge >= 0.3 is 5.97 Å². The van der Waals surface area contributed by atoms with Crippen molar-refractivity contribution in [3.05, 3.63) is 35.2 Å². The number of nitrogens with zero attached hydrogens (tertiary/aromatic N) is 1. The quantitative estimate of drug-likeness (QED) is 0.581. The predicted octanol–water partition coefficient (Wildman–Crippen LogP) is 2.67. The summed E-state index contributed by atoms with van der Waals surface area (Å²) in [4.78, 5) is 26.9. The van der Waals surface area contributed by atoms with Crippen LogP contribution in [0.15, 0.2) is 29.6 Å². The lowest BCUT2D eigenvalue weighted by atomic mass is 10.1. The summed E-state index contributed by atoms with van der Waals surface area (Å²) in [5.74, 6) is -1.09. The Bertz CT molecular complexity index is 1050. The molecule has 10 heteroatoms. The van der Waals surface area contributed by atoms with Crippen LogP contribution in [0.25, 0.3) is 10.1 Å². The van der Waals surface area contributed by atoms with Gasteiger partial charge in [-0.3, -0.25) is 9.59 Å². The molecule has 8 nitrogen and oxygen atoms in total. The van der Waals surface area contributed by atoms with Gasteiger partial charge in [-0.1, -0.05) is 6.07 Å². The summed E-state index contributed by atoms with van der Waals surface area (Å²) in [5, 5.41) is 2.92. The molecule has 1 N–H and O–H groups in total. The van der Waals surface area contributed by atoms with Crippen LogP contribution in [0.1, 0.15) is 39.2 Å². The minimum absolute atomic E-state index is 0.0217. The molecular weight excluding hydrogens is 452 g/mol. The summed E-state index contributed by atoms with van der Waals surface area (Å²) in [6.45, 7) is 7.08. The number of carbonyl (C=O) groups excluding carboxylic acids is 2. The molecule has 0 bridgehead atoms. The maximum absolute atomic E-state index is 12.9. The van der Waals surface area contributed by atoms with Gasteiger partial charge in [0.05, 0.1) is 19.0 Å². The van der Waals surface area contributed by atoms with Crippen molar-refractivity contribution in [2.75, 3.05) is 26.3 Å². The summed E-state index contributed by atoms with van der Waals surface area (Å²) < 4.78 is 40.0. The second kappa shape index (κ2) is 10.3. The Kier molecular flexibility index (Phi) is 7.92. The van der Waals surface area contributed by atoms with Gasteiger partial charge in [-0.25, -0.2) is 13.1 Å². The molecule has 0 spiro atoms. The fourth-order valence-electron chi connectivity index (χ4n) is 3.42. The fourth-order valence-corrected chi connectivity index (χ4v) is 5.54. The Labute approximate surface area is 192 Å². The van der Waals surface area contributed by atoms with E-state index in [1.807, 2.05) is 23.6 Å². The Hall–Kier alpha value is -2.01. The van der Waals surface area contributed by atoms with E-state index in [0.717, 1.165) is 10.1 Å². The van der Waals surface area contributed by atoms with E-state index in [0.29, 0.717) is 31.9 Å². The predicted molar refractivity (Wildman–Crippen MR) is 124 cm³/mol. The Morgan fingerprint density at radius 2 is 1.94 bits per heavy atom. The lowest BCUT2D eigenvalue weighted by Crippen LogP contribution is -2.46. The molecule has 1 atom stereocenters. The number of hydrogen-bond donors (Lipinski definition) is 1. The number of sulfonamides is 1. The van der Waals surface area contributed by atoms with Crippen LogP contribution in [0.4, 0.5) is 0 Å². The van der Waals surface area contributed by atoms with Gasteiger partial charge in [0, 0.05) is 24.2 Å². The zero-order valence-corrected chi connectivity index (χ0v) is 20.3. The van der Waals surface area contributed by atoms with Gasteiger partial charge in [-0.05, 0) is 61.7 Å². The first-order valence-electron chi connectivity index (χ1n) is 10.6. The highest BCUT2D eigenvalue weighted by Crippen LogP contribution is 2.23. The molecule has 1 fully saturated rings. The normalized spacial score (nSPS) is 16.2. The van der Waals surface area contributed by atoms with E-state index < -0.39 is 27.6 Å². The SMILES string of the molecule is CC(C)(C)OC(=O)[C@@H](CCC(=O)N1CCOCC1)NS(=O)(=O)Cc1ccc2sccc2c1. The number of amides is 1. The average molecular weight is 483 g/mol. The average Bonchev–Trinajstić information content (AvgIpc) is 3.17. The topological polar surface area (TPSA) is 102 Å². The second-order valence-corrected chi connectivity index (χ2v) is 11.5. The van der Waals surface area contributed by atoms with Gasteiger partial charge in [-0.2, -0.15) is 0 Å². The van der Waals surface area contributed by atoms with Crippen molar-refractivity contribution in [1.82, 2.24) is 9.62 Å². The number of ether oxygens (including phenoxy) is 2. The minimum atomic E-state index is -3.85. The molecule has 2 aromatic rings. The van der Waals surface area contributed by atoms with Crippen molar-refractivity contribution >= 4 is 43.3 Å². The Balaban J connectivity index is 1.69. The number of morpholine rings is 1. The first kappa shape index (κ1) is 24.6. The van der Waals surface area contributed by atoms with Crippen LogP contribution in [-0.4, -0.2) is 63.1 Å². The van der Waals surface area contributed by atoms with Crippen molar-refractivity contribution in [2.45, 2.75) is 51.0 Å². The van der Waals surface area contributed by atoms with Gasteiger partial charge in [0.25, 0.3) is 0 Å². The molecule has 1 aromatic heterocycles. The van der Waals surface area contributed by atoms with E-state index >= 15 is 0 Å². The molecule has 0 radical (unpaired) electrons. The second-order valence-electron chi connectivity index (χ2n) is 8.79. The van der Waals surface area contributed by atoms with Crippen LogP contribution >= 0.6 is 11.3 Å². The molecular formula is C22H30N2O6S2. The van der Waals surface area contributed by atoms with Crippen molar-refractivity contribution in [1.29, 1.82) is 0 Å². The van der Waals surface area contributed by atoms with Crippen LogP contribution in [0.5, 0.6) is 0 Å². The Morgan fingerprint density at radius 3 is 2.62 bits per heavy atom. The third kappa shape index (κ3) is 7.26. The molecule has 2 heterocycles. The van der Waals surface area contributed by atoms with E-state index in [4.69, 9.17) is 9.47 Å². The fraction of sp³-hybridized carbons (Fsp3) is 0.545. The van der Waals surface area contributed by atoms with Crippen molar-refractivity contribution in [3.63, 3.8) is 0 Å². The number of fused-ring (bicyclic) bond motifs is 1. The van der Waals surface area contributed by atoms with Gasteiger partial charge in [-0.15, -0.1) is 11.3 Å². The lowest BCUT2D eigenvalue weighted by molar-refractivity contribution is -0.157. The molecule has 1 saturated heterocycles. The number of esters is 1. The smallest absolute Gasteiger partial charge is 0.324 e.